The monoisotopic (exact) mass is 794 g/mol. The van der Waals surface area contributed by atoms with Gasteiger partial charge in [-0.05, 0) is 62.6 Å². The van der Waals surface area contributed by atoms with Gasteiger partial charge in [-0.1, -0.05) is 107 Å². The molecule has 0 spiro atoms. The first kappa shape index (κ1) is 49.3. The predicted octanol–water partition coefficient (Wildman–Crippen LogP) is 8.99. The number of unbranched alkanes of at least 4 members (excludes halogenated alkanes) is 2. The van der Waals surface area contributed by atoms with Crippen LogP contribution in [0.5, 0.6) is 0 Å². The average Bonchev–Trinajstić information content (AvgIpc) is 3.84. The van der Waals surface area contributed by atoms with E-state index < -0.39 is 17.0 Å². The Morgan fingerprint density at radius 2 is 1.70 bits per heavy atom. The second kappa shape index (κ2) is 27.9. The number of benzene rings is 2. The van der Waals surface area contributed by atoms with E-state index in [0.29, 0.717) is 21.9 Å². The highest BCUT2D eigenvalue weighted by Crippen LogP contribution is 2.47. The van der Waals surface area contributed by atoms with E-state index in [-0.39, 0.29) is 24.1 Å². The summed E-state index contributed by atoms with van der Waals surface area (Å²) in [6.07, 6.45) is 15.7. The fourth-order valence-corrected chi connectivity index (χ4v) is 6.70. The highest BCUT2D eigenvalue weighted by Gasteiger charge is 2.42. The van der Waals surface area contributed by atoms with E-state index >= 15 is 0 Å². The van der Waals surface area contributed by atoms with Crippen molar-refractivity contribution in [3.63, 3.8) is 0 Å². The SMILES string of the molecule is C/C=C\C(=NC)NC1O/C1=C\C.CC.CCCCCC1(CCC)CN(S(C)=O)c2ccccc21.COC(=O)CNC(C)=O.O=Cc1c(Cl)cccc1Cl. The van der Waals surface area contributed by atoms with Crippen molar-refractivity contribution in [3.05, 3.63) is 87.6 Å². The minimum absolute atomic E-state index is 0.0462. The number of esters is 1. The van der Waals surface area contributed by atoms with Gasteiger partial charge in [-0.2, -0.15) is 0 Å². The van der Waals surface area contributed by atoms with Crippen LogP contribution in [0.15, 0.2) is 71.4 Å². The van der Waals surface area contributed by atoms with E-state index in [2.05, 4.69) is 62.8 Å². The fraction of sp³-hybridized carbons (Fsp3) is 0.500. The summed E-state index contributed by atoms with van der Waals surface area (Å²) < 4.78 is 23.6. The van der Waals surface area contributed by atoms with Gasteiger partial charge in [-0.25, -0.2) is 4.21 Å². The normalized spacial score (nSPS) is 17.8. The number of halogens is 2. The number of hydrogen-bond donors (Lipinski definition) is 2. The van der Waals surface area contributed by atoms with Crippen LogP contribution in [0.2, 0.25) is 10.0 Å². The molecule has 0 aliphatic carbocycles. The molecule has 53 heavy (non-hydrogen) atoms. The van der Waals surface area contributed by atoms with Crippen LogP contribution in [0.3, 0.4) is 0 Å². The third-order valence-electron chi connectivity index (χ3n) is 7.90. The van der Waals surface area contributed by atoms with Gasteiger partial charge in [0.2, 0.25) is 12.1 Å². The van der Waals surface area contributed by atoms with Crippen LogP contribution in [0, 0.1) is 0 Å². The Balaban J connectivity index is 0.000000709. The third kappa shape index (κ3) is 17.8. The molecule has 3 atom stereocenters. The largest absolute Gasteiger partial charge is 0.468 e. The van der Waals surface area contributed by atoms with Crippen molar-refractivity contribution in [2.75, 3.05) is 37.8 Å². The van der Waals surface area contributed by atoms with Crippen molar-refractivity contribution >= 4 is 63.9 Å². The quantitative estimate of drug-likeness (QED) is 0.0548. The van der Waals surface area contributed by atoms with Crippen LogP contribution in [0.4, 0.5) is 5.69 Å². The van der Waals surface area contributed by atoms with Crippen LogP contribution in [0.1, 0.15) is 103 Å². The molecule has 10 nitrogen and oxygen atoms in total. The van der Waals surface area contributed by atoms with Crippen molar-refractivity contribution in [2.45, 2.75) is 98.6 Å². The smallest absolute Gasteiger partial charge is 0.325 e. The van der Waals surface area contributed by atoms with Crippen LogP contribution < -0.4 is 14.9 Å². The highest BCUT2D eigenvalue weighted by atomic mass is 35.5. The van der Waals surface area contributed by atoms with E-state index in [4.69, 9.17) is 27.9 Å². The molecule has 2 aliphatic heterocycles. The standard InChI is InChI=1S/C17H27NOS.C9H14N2O.C7H4Cl2O.C5H9NO3.C2H6/c1-4-6-9-13-17(12-5-2)14-18(20(3)19)16-11-8-7-10-15(16)17;1-4-6-8(10-3)11-9-7(5-2)12-9;8-6-2-1-3-7(9)5(6)4-10;1-4(7)6-3-5(8)9-2;1-2/h7-8,10-11H,4-6,9,12-14H2,1-3H3;4-6,9H,1-3H3,(H,10,11);1-4H;3H2,1-2H3,(H,6,7);1-2H3/b;6-4-,7-5-;;;. The molecule has 2 aromatic rings. The van der Waals surface area contributed by atoms with Gasteiger partial charge in [0, 0.05) is 32.2 Å². The zero-order chi connectivity index (χ0) is 40.4. The fourth-order valence-electron chi connectivity index (χ4n) is 5.35. The van der Waals surface area contributed by atoms with E-state index in [9.17, 15) is 18.6 Å². The lowest BCUT2D eigenvalue weighted by atomic mass is 9.74. The zero-order valence-corrected chi connectivity index (χ0v) is 35.4. The zero-order valence-electron chi connectivity index (χ0n) is 33.1. The number of ether oxygens (including phenoxy) is 2. The minimum Gasteiger partial charge on any atom is -0.468 e. The second-order valence-electron chi connectivity index (χ2n) is 11.6. The number of carbonyl (C=O) groups is 3. The Morgan fingerprint density at radius 1 is 1.06 bits per heavy atom. The van der Waals surface area contributed by atoms with Gasteiger partial charge in [0.25, 0.3) is 0 Å². The number of para-hydroxylation sites is 1. The lowest BCUT2D eigenvalue weighted by Gasteiger charge is -2.30. The first-order valence-corrected chi connectivity index (χ1v) is 20.2. The number of rotatable bonds is 12. The van der Waals surface area contributed by atoms with Crippen molar-refractivity contribution in [1.82, 2.24) is 10.6 Å². The molecule has 0 saturated carbocycles. The number of anilines is 1. The molecular formula is C40H60Cl2N4O6S. The van der Waals surface area contributed by atoms with Crippen molar-refractivity contribution in [1.29, 1.82) is 0 Å². The molecule has 2 heterocycles. The summed E-state index contributed by atoms with van der Waals surface area (Å²) in [7, 11) is 2.09. The summed E-state index contributed by atoms with van der Waals surface area (Å²) in [6.45, 7) is 14.6. The molecule has 2 N–H and O–H groups in total. The maximum atomic E-state index is 12.1. The molecule has 296 valence electrons. The summed E-state index contributed by atoms with van der Waals surface area (Å²) in [5, 5.41) is 6.18. The first-order valence-electron chi connectivity index (χ1n) is 18.0. The molecular weight excluding hydrogens is 735 g/mol. The summed E-state index contributed by atoms with van der Waals surface area (Å²) in [5.74, 6) is 1.16. The van der Waals surface area contributed by atoms with Gasteiger partial charge in [0.1, 0.15) is 23.4 Å². The number of amides is 1. The Labute approximate surface area is 330 Å². The average molecular weight is 796 g/mol. The number of aliphatic imine (C=N–C) groups is 1. The van der Waals surface area contributed by atoms with E-state index in [0.717, 1.165) is 18.1 Å². The van der Waals surface area contributed by atoms with E-state index in [1.54, 1.807) is 31.5 Å². The highest BCUT2D eigenvalue weighted by molar-refractivity contribution is 7.85. The van der Waals surface area contributed by atoms with Gasteiger partial charge in [-0.3, -0.25) is 23.7 Å². The number of methoxy groups -OCH3 is 1. The van der Waals surface area contributed by atoms with Gasteiger partial charge in [0.05, 0.1) is 28.4 Å². The molecule has 1 saturated heterocycles. The molecule has 1 fully saturated rings. The molecule has 2 aliphatic rings. The molecule has 4 rings (SSSR count). The molecule has 2 aromatic carbocycles. The molecule has 0 radical (unpaired) electrons. The van der Waals surface area contributed by atoms with E-state index in [1.165, 1.54) is 63.8 Å². The number of aldehydes is 1. The van der Waals surface area contributed by atoms with Crippen LogP contribution in [-0.2, 0) is 35.5 Å². The Hall–Kier alpha value is -3.67. The maximum absolute atomic E-state index is 12.1. The lowest BCUT2D eigenvalue weighted by molar-refractivity contribution is -0.140. The third-order valence-corrected chi connectivity index (χ3v) is 9.50. The Morgan fingerprint density at radius 3 is 2.15 bits per heavy atom. The van der Waals surface area contributed by atoms with Crippen molar-refractivity contribution < 1.29 is 28.1 Å². The number of hydrogen-bond acceptors (Lipinski definition) is 7. The summed E-state index contributed by atoms with van der Waals surface area (Å²) >= 11 is 11.2. The number of amidine groups is 1. The van der Waals surface area contributed by atoms with Crippen molar-refractivity contribution in [2.24, 2.45) is 4.99 Å². The van der Waals surface area contributed by atoms with Gasteiger partial charge >= 0.3 is 5.97 Å². The number of nitrogens with one attached hydrogen (secondary N) is 2. The van der Waals surface area contributed by atoms with Crippen LogP contribution in [0.25, 0.3) is 0 Å². The minimum atomic E-state index is -0.926. The number of epoxide rings is 1. The molecule has 13 heteroatoms. The number of fused-ring (bicyclic) bond motifs is 1. The second-order valence-corrected chi connectivity index (χ2v) is 13.7. The number of nitrogens with zero attached hydrogens (tertiary/aromatic N) is 2. The molecule has 0 aromatic heterocycles. The molecule has 1 amide bonds. The van der Waals surface area contributed by atoms with Crippen LogP contribution in [-0.4, -0.2) is 67.9 Å². The number of allylic oxidation sites excluding steroid dienone is 2. The van der Waals surface area contributed by atoms with Gasteiger partial charge in [-0.15, -0.1) is 0 Å². The Kier molecular flexibility index (Phi) is 25.9. The number of carbonyl (C=O) groups excluding carboxylic acids is 3. The van der Waals surface area contributed by atoms with Gasteiger partial charge in [0.15, 0.2) is 12.0 Å². The summed E-state index contributed by atoms with van der Waals surface area (Å²) in [6, 6.07) is 13.5. The lowest BCUT2D eigenvalue weighted by Crippen LogP contribution is -2.34. The van der Waals surface area contributed by atoms with E-state index in [1.807, 2.05) is 45.9 Å². The van der Waals surface area contributed by atoms with Gasteiger partial charge < -0.3 is 20.1 Å². The first-order chi connectivity index (χ1) is 25.4. The molecule has 0 bridgehead atoms. The Bertz CT molecular complexity index is 1510. The topological polar surface area (TPSA) is 130 Å². The molecule has 3 unspecified atom stereocenters. The maximum Gasteiger partial charge on any atom is 0.325 e. The summed E-state index contributed by atoms with van der Waals surface area (Å²) in [4.78, 5) is 34.7. The predicted molar refractivity (Wildman–Crippen MR) is 222 cm³/mol. The summed E-state index contributed by atoms with van der Waals surface area (Å²) in [5.41, 5.74) is 3.18. The van der Waals surface area contributed by atoms with Crippen molar-refractivity contribution in [3.8, 4) is 0 Å². The van der Waals surface area contributed by atoms with Crippen LogP contribution >= 0.6 is 23.2 Å².